The fourth-order valence-corrected chi connectivity index (χ4v) is 2.30. The average Bonchev–Trinajstić information content (AvgIpc) is 2.94. The highest BCUT2D eigenvalue weighted by molar-refractivity contribution is 5.79. The lowest BCUT2D eigenvalue weighted by Gasteiger charge is -2.13. The summed E-state index contributed by atoms with van der Waals surface area (Å²) in [5, 5.41) is 6.32. The van der Waals surface area contributed by atoms with E-state index in [0.29, 0.717) is 5.92 Å². The largest absolute Gasteiger partial charge is 0.356 e. The van der Waals surface area contributed by atoms with Crippen LogP contribution in [0.2, 0.25) is 0 Å². The van der Waals surface area contributed by atoms with E-state index in [1.165, 1.54) is 19.3 Å². The van der Waals surface area contributed by atoms with Crippen molar-refractivity contribution in [3.05, 3.63) is 0 Å². The summed E-state index contributed by atoms with van der Waals surface area (Å²) in [6, 6.07) is 0. The third-order valence-electron chi connectivity index (χ3n) is 3.64. The van der Waals surface area contributed by atoms with Crippen LogP contribution in [0.5, 0.6) is 0 Å². The van der Waals surface area contributed by atoms with Gasteiger partial charge in [-0.1, -0.05) is 19.8 Å². The number of carbonyl (C=O) groups excluding carboxylic acids is 1. The molecule has 1 aliphatic carbocycles. The van der Waals surface area contributed by atoms with E-state index in [4.69, 9.17) is 0 Å². The highest BCUT2D eigenvalue weighted by Crippen LogP contribution is 2.33. The highest BCUT2D eigenvalue weighted by Gasteiger charge is 2.29. The first-order valence-corrected chi connectivity index (χ1v) is 6.26. The van der Waals surface area contributed by atoms with E-state index in [1.54, 1.807) is 0 Å². The van der Waals surface area contributed by atoms with Crippen molar-refractivity contribution >= 4 is 5.91 Å². The maximum Gasteiger partial charge on any atom is 0.224 e. The Morgan fingerprint density at radius 2 is 2.20 bits per heavy atom. The van der Waals surface area contributed by atoms with Crippen LogP contribution in [-0.2, 0) is 4.79 Å². The van der Waals surface area contributed by atoms with Crippen LogP contribution in [-0.4, -0.2) is 25.5 Å². The number of hydrogen-bond donors (Lipinski definition) is 2. The van der Waals surface area contributed by atoms with Gasteiger partial charge >= 0.3 is 0 Å². The number of carbonyl (C=O) groups is 1. The van der Waals surface area contributed by atoms with E-state index in [9.17, 15) is 4.79 Å². The second-order valence-electron chi connectivity index (χ2n) is 5.12. The summed E-state index contributed by atoms with van der Waals surface area (Å²) in [6.45, 7) is 4.86. The fourth-order valence-electron chi connectivity index (χ4n) is 2.30. The van der Waals surface area contributed by atoms with Gasteiger partial charge in [0.2, 0.25) is 5.91 Å². The van der Waals surface area contributed by atoms with Crippen molar-refractivity contribution in [3.8, 4) is 0 Å². The van der Waals surface area contributed by atoms with Crippen LogP contribution < -0.4 is 10.6 Å². The summed E-state index contributed by atoms with van der Waals surface area (Å²) in [5.74, 6) is 1.93. The minimum absolute atomic E-state index is 0.200. The van der Waals surface area contributed by atoms with Gasteiger partial charge in [-0.05, 0) is 31.2 Å². The molecule has 2 fully saturated rings. The molecule has 3 heteroatoms. The molecule has 1 amide bonds. The molecular weight excluding hydrogens is 188 g/mol. The zero-order chi connectivity index (χ0) is 10.7. The van der Waals surface area contributed by atoms with Crippen LogP contribution in [0.4, 0.5) is 0 Å². The van der Waals surface area contributed by atoms with Gasteiger partial charge in [0.1, 0.15) is 0 Å². The monoisotopic (exact) mass is 210 g/mol. The Labute approximate surface area is 92.0 Å². The van der Waals surface area contributed by atoms with Gasteiger partial charge in [0.15, 0.2) is 0 Å². The van der Waals surface area contributed by atoms with Gasteiger partial charge in [-0.3, -0.25) is 4.79 Å². The molecule has 0 spiro atoms. The summed E-state index contributed by atoms with van der Waals surface area (Å²) in [6.07, 6.45) is 5.29. The zero-order valence-electron chi connectivity index (χ0n) is 9.59. The molecule has 0 unspecified atom stereocenters. The predicted molar refractivity (Wildman–Crippen MR) is 60.5 cm³/mol. The van der Waals surface area contributed by atoms with Crippen molar-refractivity contribution in [2.75, 3.05) is 19.6 Å². The topological polar surface area (TPSA) is 41.1 Å². The van der Waals surface area contributed by atoms with Crippen molar-refractivity contribution in [2.24, 2.45) is 17.8 Å². The lowest BCUT2D eigenvalue weighted by molar-refractivity contribution is -0.125. The Morgan fingerprint density at radius 3 is 2.80 bits per heavy atom. The molecule has 2 atom stereocenters. The molecule has 2 rings (SSSR count). The van der Waals surface area contributed by atoms with E-state index in [1.807, 2.05) is 0 Å². The van der Waals surface area contributed by atoms with Crippen LogP contribution in [0, 0.1) is 17.8 Å². The summed E-state index contributed by atoms with van der Waals surface area (Å²) >= 11 is 0. The Morgan fingerprint density at radius 1 is 1.40 bits per heavy atom. The van der Waals surface area contributed by atoms with Crippen molar-refractivity contribution < 1.29 is 4.79 Å². The van der Waals surface area contributed by atoms with Gasteiger partial charge in [0, 0.05) is 13.1 Å². The van der Waals surface area contributed by atoms with Gasteiger partial charge in [-0.15, -0.1) is 0 Å². The average molecular weight is 210 g/mol. The molecule has 0 aromatic carbocycles. The first kappa shape index (κ1) is 10.9. The van der Waals surface area contributed by atoms with Gasteiger partial charge in [-0.2, -0.15) is 0 Å². The van der Waals surface area contributed by atoms with Crippen molar-refractivity contribution in [3.63, 3.8) is 0 Å². The van der Waals surface area contributed by atoms with E-state index < -0.39 is 0 Å². The van der Waals surface area contributed by atoms with E-state index in [-0.39, 0.29) is 11.8 Å². The quantitative estimate of drug-likeness (QED) is 0.668. The molecule has 2 aliphatic rings. The summed E-state index contributed by atoms with van der Waals surface area (Å²) < 4.78 is 0. The molecule has 2 N–H and O–H groups in total. The normalized spacial score (nSPS) is 30.5. The molecule has 0 radical (unpaired) electrons. The van der Waals surface area contributed by atoms with Gasteiger partial charge in [0.05, 0.1) is 5.92 Å². The summed E-state index contributed by atoms with van der Waals surface area (Å²) in [7, 11) is 0. The molecule has 0 bridgehead atoms. The van der Waals surface area contributed by atoms with Crippen molar-refractivity contribution in [2.45, 2.75) is 32.6 Å². The van der Waals surface area contributed by atoms with E-state index in [2.05, 4.69) is 17.6 Å². The van der Waals surface area contributed by atoms with Crippen LogP contribution >= 0.6 is 0 Å². The summed E-state index contributed by atoms with van der Waals surface area (Å²) in [4.78, 5) is 11.8. The van der Waals surface area contributed by atoms with Gasteiger partial charge in [-0.25, -0.2) is 0 Å². The smallest absolute Gasteiger partial charge is 0.224 e. The van der Waals surface area contributed by atoms with Crippen LogP contribution in [0.1, 0.15) is 32.6 Å². The fraction of sp³-hybridized carbons (Fsp3) is 0.917. The molecule has 1 heterocycles. The Bertz CT molecular complexity index is 226. The molecule has 1 saturated carbocycles. The third kappa shape index (κ3) is 3.20. The van der Waals surface area contributed by atoms with Crippen LogP contribution in [0.25, 0.3) is 0 Å². The second kappa shape index (κ2) is 4.97. The third-order valence-corrected chi connectivity index (χ3v) is 3.64. The Balaban J connectivity index is 1.58. The maximum atomic E-state index is 11.8. The first-order chi connectivity index (χ1) is 7.27. The first-order valence-electron chi connectivity index (χ1n) is 6.26. The van der Waals surface area contributed by atoms with Gasteiger partial charge in [0.25, 0.3) is 0 Å². The Kier molecular flexibility index (Phi) is 3.62. The number of hydrogen-bond acceptors (Lipinski definition) is 2. The van der Waals surface area contributed by atoms with E-state index >= 15 is 0 Å². The van der Waals surface area contributed by atoms with E-state index in [0.717, 1.165) is 32.0 Å². The number of rotatable bonds is 5. The minimum Gasteiger partial charge on any atom is -0.356 e. The van der Waals surface area contributed by atoms with Crippen molar-refractivity contribution in [1.29, 1.82) is 0 Å². The molecule has 3 nitrogen and oxygen atoms in total. The molecule has 1 saturated heterocycles. The SMILES string of the molecule is C[C@@H]1CNC[C@H]1C(=O)NCCCC1CC1. The molecule has 0 aromatic rings. The van der Waals surface area contributed by atoms with Gasteiger partial charge < -0.3 is 10.6 Å². The second-order valence-corrected chi connectivity index (χ2v) is 5.12. The van der Waals surface area contributed by atoms with Crippen molar-refractivity contribution in [1.82, 2.24) is 10.6 Å². The Hall–Kier alpha value is -0.570. The molecule has 1 aliphatic heterocycles. The predicted octanol–water partition coefficient (Wildman–Crippen LogP) is 1.15. The summed E-state index contributed by atoms with van der Waals surface area (Å²) in [5.41, 5.74) is 0. The zero-order valence-corrected chi connectivity index (χ0v) is 9.59. The highest BCUT2D eigenvalue weighted by atomic mass is 16.1. The molecule has 15 heavy (non-hydrogen) atoms. The molecule has 86 valence electrons. The number of nitrogens with one attached hydrogen (secondary N) is 2. The minimum atomic E-state index is 0.200. The number of amides is 1. The van der Waals surface area contributed by atoms with Crippen LogP contribution in [0.15, 0.2) is 0 Å². The lowest BCUT2D eigenvalue weighted by Crippen LogP contribution is -2.34. The standard InChI is InChI=1S/C12H22N2O/c1-9-7-13-8-11(9)12(15)14-6-2-3-10-4-5-10/h9-11,13H,2-8H2,1H3,(H,14,15)/t9-,11-/m1/s1. The molecular formula is C12H22N2O. The molecule has 0 aromatic heterocycles. The maximum absolute atomic E-state index is 11.8. The lowest BCUT2D eigenvalue weighted by atomic mass is 9.97. The van der Waals surface area contributed by atoms with Crippen LogP contribution in [0.3, 0.4) is 0 Å².